The maximum atomic E-state index is 12.5. The highest BCUT2D eigenvalue weighted by molar-refractivity contribution is 5.76. The first kappa shape index (κ1) is 66.9. The van der Waals surface area contributed by atoms with Crippen LogP contribution in [0, 0.1) is 0 Å². The van der Waals surface area contributed by atoms with Crippen LogP contribution in [0.1, 0.15) is 361 Å². The SMILES string of the molecule is CCCCCCCCCCCCCCCCCCCCCC(O)C(CO)NC(=O)CCCCCCCCCCCCCCCCCCCCOC(=O)CCCCCCCCCCCCCCCC. The highest BCUT2D eigenvalue weighted by Crippen LogP contribution is 2.19. The molecule has 0 radical (unpaired) electrons. The third-order valence-electron chi connectivity index (χ3n) is 14.9. The fourth-order valence-electron chi connectivity index (χ4n) is 10.1. The average molecular weight is 963 g/mol. The second-order valence-electron chi connectivity index (χ2n) is 21.8. The molecule has 0 bridgehead atoms. The zero-order valence-corrected chi connectivity index (χ0v) is 46.4. The summed E-state index contributed by atoms with van der Waals surface area (Å²) in [5.41, 5.74) is 0. The first-order chi connectivity index (χ1) is 33.5. The summed E-state index contributed by atoms with van der Waals surface area (Å²) in [5.74, 6) is -0.0237. The molecule has 3 N–H and O–H groups in total. The van der Waals surface area contributed by atoms with Crippen molar-refractivity contribution in [1.82, 2.24) is 5.32 Å². The van der Waals surface area contributed by atoms with Crippen molar-refractivity contribution in [3.63, 3.8) is 0 Å². The number of hydrogen-bond acceptors (Lipinski definition) is 5. The molecule has 0 aliphatic rings. The zero-order valence-electron chi connectivity index (χ0n) is 46.4. The van der Waals surface area contributed by atoms with Gasteiger partial charge in [-0.25, -0.2) is 0 Å². The Morgan fingerprint density at radius 2 is 0.603 bits per heavy atom. The van der Waals surface area contributed by atoms with Crippen LogP contribution < -0.4 is 5.32 Å². The monoisotopic (exact) mass is 962 g/mol. The van der Waals surface area contributed by atoms with Crippen LogP contribution in [0.3, 0.4) is 0 Å². The molecule has 0 aromatic heterocycles. The molecule has 0 saturated carbocycles. The van der Waals surface area contributed by atoms with E-state index < -0.39 is 12.1 Å². The number of unbranched alkanes of at least 4 members (excludes halogenated alkanes) is 48. The molecule has 68 heavy (non-hydrogen) atoms. The topological polar surface area (TPSA) is 95.9 Å². The van der Waals surface area contributed by atoms with E-state index in [0.29, 0.717) is 25.9 Å². The Morgan fingerprint density at radius 3 is 0.897 bits per heavy atom. The van der Waals surface area contributed by atoms with Gasteiger partial charge in [0.1, 0.15) is 0 Å². The van der Waals surface area contributed by atoms with Crippen LogP contribution in [0.15, 0.2) is 0 Å². The van der Waals surface area contributed by atoms with Gasteiger partial charge in [0, 0.05) is 12.8 Å². The van der Waals surface area contributed by atoms with E-state index in [1.165, 1.54) is 289 Å². The lowest BCUT2D eigenvalue weighted by Gasteiger charge is -2.22. The van der Waals surface area contributed by atoms with Crippen molar-refractivity contribution >= 4 is 11.9 Å². The number of esters is 1. The van der Waals surface area contributed by atoms with Crippen molar-refractivity contribution in [2.75, 3.05) is 13.2 Å². The summed E-state index contributed by atoms with van der Waals surface area (Å²) in [4.78, 5) is 24.6. The second-order valence-corrected chi connectivity index (χ2v) is 21.8. The molecule has 0 saturated heterocycles. The Kier molecular flexibility index (Phi) is 57.5. The molecule has 6 nitrogen and oxygen atoms in total. The van der Waals surface area contributed by atoms with E-state index >= 15 is 0 Å². The summed E-state index contributed by atoms with van der Waals surface area (Å²) in [7, 11) is 0. The van der Waals surface area contributed by atoms with Crippen molar-refractivity contribution < 1.29 is 24.5 Å². The van der Waals surface area contributed by atoms with Gasteiger partial charge in [-0.1, -0.05) is 322 Å². The fraction of sp³-hybridized carbons (Fsp3) is 0.968. The summed E-state index contributed by atoms with van der Waals surface area (Å²) in [6.07, 6.45) is 68.2. The normalized spacial score (nSPS) is 12.5. The van der Waals surface area contributed by atoms with Crippen molar-refractivity contribution in [2.24, 2.45) is 0 Å². The Balaban J connectivity index is 3.39. The number of nitrogens with one attached hydrogen (secondary N) is 1. The zero-order chi connectivity index (χ0) is 49.3. The van der Waals surface area contributed by atoms with E-state index in [1.54, 1.807) is 0 Å². The molecule has 0 spiro atoms. The minimum atomic E-state index is -0.666. The van der Waals surface area contributed by atoms with Gasteiger partial charge in [-0.3, -0.25) is 9.59 Å². The van der Waals surface area contributed by atoms with Crippen LogP contribution in [0.5, 0.6) is 0 Å². The molecular formula is C62H123NO5. The van der Waals surface area contributed by atoms with E-state index in [4.69, 9.17) is 4.74 Å². The van der Waals surface area contributed by atoms with Gasteiger partial charge in [0.15, 0.2) is 0 Å². The van der Waals surface area contributed by atoms with Crippen LogP contribution in [-0.2, 0) is 14.3 Å². The Bertz CT molecular complexity index is 975. The van der Waals surface area contributed by atoms with Gasteiger partial charge in [0.2, 0.25) is 5.91 Å². The summed E-state index contributed by atoms with van der Waals surface area (Å²) in [6, 6.07) is -0.544. The smallest absolute Gasteiger partial charge is 0.305 e. The molecule has 0 fully saturated rings. The summed E-state index contributed by atoms with van der Waals surface area (Å²) in [5, 5.41) is 23.4. The molecule has 2 atom stereocenters. The van der Waals surface area contributed by atoms with Crippen LogP contribution >= 0.6 is 0 Å². The van der Waals surface area contributed by atoms with E-state index in [-0.39, 0.29) is 18.5 Å². The summed E-state index contributed by atoms with van der Waals surface area (Å²) in [6.45, 7) is 4.98. The van der Waals surface area contributed by atoms with Crippen LogP contribution in [0.2, 0.25) is 0 Å². The van der Waals surface area contributed by atoms with Crippen LogP contribution in [-0.4, -0.2) is 47.4 Å². The molecule has 0 aromatic carbocycles. The van der Waals surface area contributed by atoms with E-state index in [1.807, 2.05) is 0 Å². The van der Waals surface area contributed by atoms with Crippen LogP contribution in [0.25, 0.3) is 0 Å². The third-order valence-corrected chi connectivity index (χ3v) is 14.9. The van der Waals surface area contributed by atoms with Gasteiger partial charge >= 0.3 is 5.97 Å². The van der Waals surface area contributed by atoms with Crippen molar-refractivity contribution in [2.45, 2.75) is 373 Å². The number of carbonyl (C=O) groups excluding carboxylic acids is 2. The molecule has 1 amide bonds. The molecule has 406 valence electrons. The number of hydrogen-bond donors (Lipinski definition) is 3. The first-order valence-electron chi connectivity index (χ1n) is 31.3. The van der Waals surface area contributed by atoms with Gasteiger partial charge in [-0.15, -0.1) is 0 Å². The molecule has 0 rings (SSSR count). The largest absolute Gasteiger partial charge is 0.466 e. The fourth-order valence-corrected chi connectivity index (χ4v) is 10.1. The molecule has 0 heterocycles. The molecule has 0 aliphatic carbocycles. The number of rotatable bonds is 59. The molecule has 0 aliphatic heterocycles. The van der Waals surface area contributed by atoms with Gasteiger partial charge in [-0.2, -0.15) is 0 Å². The Hall–Kier alpha value is -1.14. The van der Waals surface area contributed by atoms with Gasteiger partial charge in [0.25, 0.3) is 0 Å². The average Bonchev–Trinajstić information content (AvgIpc) is 3.34. The van der Waals surface area contributed by atoms with E-state index in [2.05, 4.69) is 19.2 Å². The number of aliphatic hydroxyl groups excluding tert-OH is 2. The second kappa shape index (κ2) is 58.4. The Morgan fingerprint density at radius 1 is 0.353 bits per heavy atom. The molecule has 2 unspecified atom stereocenters. The highest BCUT2D eigenvalue weighted by atomic mass is 16.5. The maximum Gasteiger partial charge on any atom is 0.305 e. The number of amides is 1. The lowest BCUT2D eigenvalue weighted by molar-refractivity contribution is -0.143. The maximum absolute atomic E-state index is 12.5. The van der Waals surface area contributed by atoms with Gasteiger partial charge in [-0.05, 0) is 25.7 Å². The predicted molar refractivity (Wildman–Crippen MR) is 297 cm³/mol. The molecular weight excluding hydrogens is 839 g/mol. The lowest BCUT2D eigenvalue weighted by Crippen LogP contribution is -2.45. The predicted octanol–water partition coefficient (Wildman–Crippen LogP) is 19.5. The number of ether oxygens (including phenoxy) is 1. The summed E-state index contributed by atoms with van der Waals surface area (Å²) >= 11 is 0. The quantitative estimate of drug-likeness (QED) is 0.0417. The van der Waals surface area contributed by atoms with Gasteiger partial charge in [0.05, 0.1) is 25.4 Å². The number of carbonyl (C=O) groups is 2. The van der Waals surface area contributed by atoms with E-state index in [0.717, 1.165) is 38.5 Å². The van der Waals surface area contributed by atoms with Crippen LogP contribution in [0.4, 0.5) is 0 Å². The van der Waals surface area contributed by atoms with Crippen molar-refractivity contribution in [3.05, 3.63) is 0 Å². The minimum absolute atomic E-state index is 0.0109. The van der Waals surface area contributed by atoms with Crippen molar-refractivity contribution in [1.29, 1.82) is 0 Å². The highest BCUT2D eigenvalue weighted by Gasteiger charge is 2.20. The molecule has 0 aromatic rings. The third kappa shape index (κ3) is 54.2. The standard InChI is InChI=1S/C62H123NO5/c1-3-5-7-9-11-13-15-17-19-20-21-24-27-30-34-38-42-46-50-54-60(65)59(58-64)63-61(66)55-51-47-43-39-35-31-28-25-22-23-26-29-33-37-41-45-49-53-57-68-62(67)56-52-48-44-40-36-32-18-16-14-12-10-8-6-4-2/h59-60,64-65H,3-58H2,1-2H3,(H,63,66). The van der Waals surface area contributed by atoms with Gasteiger partial charge < -0.3 is 20.3 Å². The number of aliphatic hydroxyl groups is 2. The summed E-state index contributed by atoms with van der Waals surface area (Å²) < 4.78 is 5.48. The Labute approximate surface area is 426 Å². The first-order valence-corrected chi connectivity index (χ1v) is 31.3. The molecule has 6 heteroatoms. The van der Waals surface area contributed by atoms with Crippen molar-refractivity contribution in [3.8, 4) is 0 Å². The minimum Gasteiger partial charge on any atom is -0.466 e. The van der Waals surface area contributed by atoms with E-state index in [9.17, 15) is 19.8 Å². The lowest BCUT2D eigenvalue weighted by atomic mass is 10.0.